The monoisotopic (exact) mass is 293 g/mol. The van der Waals surface area contributed by atoms with Crippen LogP contribution in [-0.2, 0) is 11.8 Å². The SMILES string of the molecule is Cn1nccc1C(=O)N(CC(=O)O)c1cccc(Cl)c1. The molecule has 0 atom stereocenters. The van der Waals surface area contributed by atoms with Gasteiger partial charge in [-0.15, -0.1) is 0 Å². The Morgan fingerprint density at radius 3 is 2.70 bits per heavy atom. The summed E-state index contributed by atoms with van der Waals surface area (Å²) in [4.78, 5) is 24.6. The quantitative estimate of drug-likeness (QED) is 0.933. The number of carbonyl (C=O) groups excluding carboxylic acids is 1. The van der Waals surface area contributed by atoms with Crippen LogP contribution in [0.5, 0.6) is 0 Å². The lowest BCUT2D eigenvalue weighted by Crippen LogP contribution is -2.36. The molecule has 6 nitrogen and oxygen atoms in total. The van der Waals surface area contributed by atoms with Crippen LogP contribution in [0.1, 0.15) is 10.5 Å². The van der Waals surface area contributed by atoms with E-state index in [4.69, 9.17) is 16.7 Å². The number of aryl methyl sites for hydroxylation is 1. The van der Waals surface area contributed by atoms with Gasteiger partial charge in [0.15, 0.2) is 0 Å². The number of halogens is 1. The molecule has 0 saturated carbocycles. The van der Waals surface area contributed by atoms with Gasteiger partial charge in [0.05, 0.1) is 0 Å². The summed E-state index contributed by atoms with van der Waals surface area (Å²) in [5.74, 6) is -1.56. The highest BCUT2D eigenvalue weighted by atomic mass is 35.5. The van der Waals surface area contributed by atoms with Crippen molar-refractivity contribution in [1.29, 1.82) is 0 Å². The van der Waals surface area contributed by atoms with E-state index in [1.165, 1.54) is 16.9 Å². The molecule has 2 aromatic rings. The zero-order valence-electron chi connectivity index (χ0n) is 10.7. The minimum absolute atomic E-state index is 0.297. The largest absolute Gasteiger partial charge is 0.480 e. The predicted octanol–water partition coefficient (Wildman–Crippen LogP) is 1.80. The highest BCUT2D eigenvalue weighted by molar-refractivity contribution is 6.31. The fourth-order valence-corrected chi connectivity index (χ4v) is 1.97. The normalized spacial score (nSPS) is 10.3. The fraction of sp³-hybridized carbons (Fsp3) is 0.154. The number of carboxylic acids is 1. The summed E-state index contributed by atoms with van der Waals surface area (Å²) < 4.78 is 1.39. The van der Waals surface area contributed by atoms with E-state index in [1.807, 2.05) is 0 Å². The Bertz CT molecular complexity index is 654. The molecular weight excluding hydrogens is 282 g/mol. The molecule has 0 aliphatic heterocycles. The zero-order valence-corrected chi connectivity index (χ0v) is 11.4. The predicted molar refractivity (Wildman–Crippen MR) is 74.0 cm³/mol. The highest BCUT2D eigenvalue weighted by Gasteiger charge is 2.22. The third-order valence-corrected chi connectivity index (χ3v) is 2.93. The first-order chi connectivity index (χ1) is 9.49. The Balaban J connectivity index is 2.40. The lowest BCUT2D eigenvalue weighted by Gasteiger charge is -2.21. The van der Waals surface area contributed by atoms with Crippen LogP contribution in [0, 0.1) is 0 Å². The maximum absolute atomic E-state index is 12.4. The van der Waals surface area contributed by atoms with Gasteiger partial charge in [-0.3, -0.25) is 19.2 Å². The second-order valence-corrected chi connectivity index (χ2v) is 4.54. The topological polar surface area (TPSA) is 75.4 Å². The van der Waals surface area contributed by atoms with Crippen LogP contribution in [-0.4, -0.2) is 33.3 Å². The highest BCUT2D eigenvalue weighted by Crippen LogP contribution is 2.21. The van der Waals surface area contributed by atoms with Gasteiger partial charge in [0.1, 0.15) is 12.2 Å². The number of carboxylic acid groups (broad SMARTS) is 1. The Hall–Kier alpha value is -2.34. The third kappa shape index (κ3) is 2.97. The van der Waals surface area contributed by atoms with Crippen LogP contribution < -0.4 is 4.90 Å². The summed E-state index contributed by atoms with van der Waals surface area (Å²) >= 11 is 5.88. The first-order valence-electron chi connectivity index (χ1n) is 5.76. The van der Waals surface area contributed by atoms with E-state index in [0.717, 1.165) is 4.90 Å². The number of hydrogen-bond acceptors (Lipinski definition) is 3. The minimum atomic E-state index is -1.11. The van der Waals surface area contributed by atoms with Gasteiger partial charge in [-0.25, -0.2) is 0 Å². The fourth-order valence-electron chi connectivity index (χ4n) is 1.78. The van der Waals surface area contributed by atoms with E-state index < -0.39 is 18.4 Å². The number of nitrogens with zero attached hydrogens (tertiary/aromatic N) is 3. The number of anilines is 1. The van der Waals surface area contributed by atoms with Crippen LogP contribution in [0.3, 0.4) is 0 Å². The van der Waals surface area contributed by atoms with Crippen molar-refractivity contribution in [3.8, 4) is 0 Å². The van der Waals surface area contributed by atoms with E-state index in [-0.39, 0.29) is 0 Å². The third-order valence-electron chi connectivity index (χ3n) is 2.70. The molecule has 0 fully saturated rings. The summed E-state index contributed by atoms with van der Waals surface area (Å²) in [6.07, 6.45) is 1.48. The van der Waals surface area contributed by atoms with Crippen molar-refractivity contribution in [2.45, 2.75) is 0 Å². The van der Waals surface area contributed by atoms with Crippen LogP contribution >= 0.6 is 11.6 Å². The van der Waals surface area contributed by atoms with Crippen molar-refractivity contribution in [3.05, 3.63) is 47.2 Å². The Morgan fingerprint density at radius 2 is 2.15 bits per heavy atom. The van der Waals surface area contributed by atoms with Gasteiger partial charge >= 0.3 is 5.97 Å². The molecule has 20 heavy (non-hydrogen) atoms. The minimum Gasteiger partial charge on any atom is -0.480 e. The van der Waals surface area contributed by atoms with Crippen molar-refractivity contribution in [2.24, 2.45) is 7.05 Å². The first kappa shape index (κ1) is 14.1. The summed E-state index contributed by atoms with van der Waals surface area (Å²) in [5, 5.41) is 13.3. The van der Waals surface area contributed by atoms with Crippen LogP contribution in [0.2, 0.25) is 5.02 Å². The molecule has 1 N–H and O–H groups in total. The molecule has 0 saturated heterocycles. The molecule has 1 heterocycles. The van der Waals surface area contributed by atoms with Gasteiger partial charge in [0.25, 0.3) is 5.91 Å². The second-order valence-electron chi connectivity index (χ2n) is 4.10. The summed E-state index contributed by atoms with van der Waals surface area (Å²) in [6, 6.07) is 8.01. The number of benzene rings is 1. The van der Waals surface area contributed by atoms with Gasteiger partial charge < -0.3 is 5.11 Å². The Morgan fingerprint density at radius 1 is 1.40 bits per heavy atom. The number of carbonyl (C=O) groups is 2. The molecule has 0 aliphatic rings. The van der Waals surface area contributed by atoms with Crippen LogP contribution in [0.4, 0.5) is 5.69 Å². The van der Waals surface area contributed by atoms with Crippen LogP contribution in [0.25, 0.3) is 0 Å². The molecule has 1 aromatic heterocycles. The van der Waals surface area contributed by atoms with E-state index in [9.17, 15) is 9.59 Å². The first-order valence-corrected chi connectivity index (χ1v) is 6.14. The molecule has 0 unspecified atom stereocenters. The van der Waals surface area contributed by atoms with E-state index in [0.29, 0.717) is 16.4 Å². The Labute approximate surface area is 120 Å². The molecule has 0 spiro atoms. The zero-order chi connectivity index (χ0) is 14.7. The molecule has 2 rings (SSSR count). The molecule has 0 aliphatic carbocycles. The maximum Gasteiger partial charge on any atom is 0.323 e. The number of hydrogen-bond donors (Lipinski definition) is 1. The summed E-state index contributed by atoms with van der Waals surface area (Å²) in [6.45, 7) is -0.454. The number of rotatable bonds is 4. The van der Waals surface area contributed by atoms with E-state index >= 15 is 0 Å². The standard InChI is InChI=1S/C13H12ClN3O3/c1-16-11(5-6-15-16)13(20)17(8-12(18)19)10-4-2-3-9(14)7-10/h2-7H,8H2,1H3,(H,18,19). The summed E-state index contributed by atoms with van der Waals surface area (Å²) in [5.41, 5.74) is 0.720. The van der Waals surface area contributed by atoms with Gasteiger partial charge in [-0.1, -0.05) is 17.7 Å². The summed E-state index contributed by atoms with van der Waals surface area (Å²) in [7, 11) is 1.62. The second kappa shape index (κ2) is 5.75. The molecule has 0 bridgehead atoms. The van der Waals surface area contributed by atoms with Gasteiger partial charge in [0.2, 0.25) is 0 Å². The van der Waals surface area contributed by atoms with Crippen LogP contribution in [0.15, 0.2) is 36.5 Å². The van der Waals surface area contributed by atoms with Gasteiger partial charge in [-0.05, 0) is 24.3 Å². The molecule has 0 radical (unpaired) electrons. The van der Waals surface area contributed by atoms with Crippen molar-refractivity contribution in [1.82, 2.24) is 9.78 Å². The molecule has 1 amide bonds. The van der Waals surface area contributed by atoms with Crippen molar-refractivity contribution in [2.75, 3.05) is 11.4 Å². The molecular formula is C13H12ClN3O3. The Kier molecular flexibility index (Phi) is 4.05. The lowest BCUT2D eigenvalue weighted by atomic mass is 10.2. The van der Waals surface area contributed by atoms with Crippen molar-refractivity contribution < 1.29 is 14.7 Å². The average Bonchev–Trinajstić information content (AvgIpc) is 2.81. The molecule has 7 heteroatoms. The number of aliphatic carboxylic acids is 1. The smallest absolute Gasteiger partial charge is 0.323 e. The molecule has 1 aromatic carbocycles. The maximum atomic E-state index is 12.4. The number of aromatic nitrogens is 2. The number of amides is 1. The van der Waals surface area contributed by atoms with Crippen molar-refractivity contribution >= 4 is 29.2 Å². The van der Waals surface area contributed by atoms with E-state index in [2.05, 4.69) is 5.10 Å². The average molecular weight is 294 g/mol. The lowest BCUT2D eigenvalue weighted by molar-refractivity contribution is -0.135. The van der Waals surface area contributed by atoms with Gasteiger partial charge in [0, 0.05) is 24.0 Å². The van der Waals surface area contributed by atoms with E-state index in [1.54, 1.807) is 31.3 Å². The van der Waals surface area contributed by atoms with Gasteiger partial charge in [-0.2, -0.15) is 5.10 Å². The van der Waals surface area contributed by atoms with Crippen molar-refractivity contribution in [3.63, 3.8) is 0 Å². The molecule has 104 valence electrons.